The van der Waals surface area contributed by atoms with Crippen molar-refractivity contribution >= 4 is 0 Å². The summed E-state index contributed by atoms with van der Waals surface area (Å²) in [5.41, 5.74) is 6.02. The molecule has 2 saturated carbocycles. The van der Waals surface area contributed by atoms with E-state index in [9.17, 15) is 4.39 Å². The van der Waals surface area contributed by atoms with Gasteiger partial charge in [-0.1, -0.05) is 19.3 Å². The number of hydrogen-bond donors (Lipinski definition) is 1. The number of halogens is 1. The molecule has 0 aromatic heterocycles. The summed E-state index contributed by atoms with van der Waals surface area (Å²) in [4.78, 5) is 0. The third-order valence-electron chi connectivity index (χ3n) is 3.58. The van der Waals surface area contributed by atoms with Gasteiger partial charge in [0.1, 0.15) is 0 Å². The minimum absolute atomic E-state index is 0.0480. The molecule has 1 nitrogen and oxygen atoms in total. The van der Waals surface area contributed by atoms with E-state index in [4.69, 9.17) is 5.73 Å². The monoisotopic (exact) mass is 171 g/mol. The molecular weight excluding hydrogens is 153 g/mol. The van der Waals surface area contributed by atoms with Crippen LogP contribution in [0.1, 0.15) is 38.5 Å². The zero-order chi connectivity index (χ0) is 8.60. The van der Waals surface area contributed by atoms with Gasteiger partial charge in [0.2, 0.25) is 0 Å². The van der Waals surface area contributed by atoms with Gasteiger partial charge < -0.3 is 5.73 Å². The van der Waals surface area contributed by atoms with Gasteiger partial charge >= 0.3 is 0 Å². The quantitative estimate of drug-likeness (QED) is 0.689. The molecule has 0 radical (unpaired) electrons. The van der Waals surface area contributed by atoms with Crippen molar-refractivity contribution < 1.29 is 4.39 Å². The van der Waals surface area contributed by atoms with E-state index >= 15 is 0 Å². The Balaban J connectivity index is 1.81. The second kappa shape index (κ2) is 2.99. The van der Waals surface area contributed by atoms with Crippen molar-refractivity contribution in [3.63, 3.8) is 0 Å². The zero-order valence-corrected chi connectivity index (χ0v) is 7.56. The van der Waals surface area contributed by atoms with Crippen molar-refractivity contribution in [3.8, 4) is 0 Å². The Kier molecular flexibility index (Phi) is 2.11. The van der Waals surface area contributed by atoms with Crippen molar-refractivity contribution in [2.24, 2.45) is 17.6 Å². The maximum Gasteiger partial charge on any atom is 0.0925 e. The molecule has 1 unspecified atom stereocenters. The van der Waals surface area contributed by atoms with E-state index in [1.165, 1.54) is 19.3 Å². The van der Waals surface area contributed by atoms with E-state index in [0.29, 0.717) is 5.92 Å². The fourth-order valence-electron chi connectivity index (χ4n) is 2.15. The molecule has 1 atom stereocenters. The lowest BCUT2D eigenvalue weighted by Gasteiger charge is -2.33. The van der Waals surface area contributed by atoms with Crippen LogP contribution in [0.15, 0.2) is 0 Å². The van der Waals surface area contributed by atoms with Crippen LogP contribution in [0.3, 0.4) is 0 Å². The van der Waals surface area contributed by atoms with Crippen molar-refractivity contribution in [1.82, 2.24) is 0 Å². The highest BCUT2D eigenvalue weighted by Crippen LogP contribution is 2.44. The Hall–Kier alpha value is -0.110. The lowest BCUT2D eigenvalue weighted by Crippen LogP contribution is -2.32. The molecule has 2 rings (SSSR count). The molecule has 70 valence electrons. The topological polar surface area (TPSA) is 26.0 Å². The molecule has 0 saturated heterocycles. The Morgan fingerprint density at radius 3 is 2.42 bits per heavy atom. The van der Waals surface area contributed by atoms with Crippen molar-refractivity contribution in [2.45, 2.75) is 44.1 Å². The summed E-state index contributed by atoms with van der Waals surface area (Å²) in [6.07, 6.45) is 6.97. The van der Waals surface area contributed by atoms with Crippen LogP contribution in [0.4, 0.5) is 4.39 Å². The molecular formula is C10H18FN. The number of hydrogen-bond acceptors (Lipinski definition) is 1. The molecule has 2 fully saturated rings. The van der Waals surface area contributed by atoms with E-state index < -0.39 is 0 Å². The van der Waals surface area contributed by atoms with Gasteiger partial charge in [-0.25, -0.2) is 0 Å². The maximum absolute atomic E-state index is 12.6. The number of nitrogens with two attached hydrogens (primary N) is 1. The third kappa shape index (κ3) is 1.63. The SMILES string of the molecule is NC1(CC(CF)C2CCC2)CC1. The van der Waals surface area contributed by atoms with E-state index in [1.54, 1.807) is 0 Å². The van der Waals surface area contributed by atoms with Crippen LogP contribution in [-0.2, 0) is 0 Å². The molecule has 2 N–H and O–H groups in total. The largest absolute Gasteiger partial charge is 0.325 e. The summed E-state index contributed by atoms with van der Waals surface area (Å²) in [6.45, 7) is -0.149. The third-order valence-corrected chi connectivity index (χ3v) is 3.58. The van der Waals surface area contributed by atoms with Crippen molar-refractivity contribution in [1.29, 1.82) is 0 Å². The normalized spacial score (nSPS) is 29.5. The lowest BCUT2D eigenvalue weighted by atomic mass is 9.74. The second-order valence-electron chi connectivity index (χ2n) is 4.67. The second-order valence-corrected chi connectivity index (χ2v) is 4.67. The summed E-state index contributed by atoms with van der Waals surface area (Å²) in [6, 6.07) is 0. The molecule has 2 aliphatic carbocycles. The highest BCUT2D eigenvalue weighted by atomic mass is 19.1. The average molecular weight is 171 g/mol. The van der Waals surface area contributed by atoms with E-state index in [1.807, 2.05) is 0 Å². The van der Waals surface area contributed by atoms with Crippen LogP contribution in [0, 0.1) is 11.8 Å². The van der Waals surface area contributed by atoms with E-state index in [0.717, 1.165) is 19.3 Å². The average Bonchev–Trinajstić information content (AvgIpc) is 2.63. The summed E-state index contributed by atoms with van der Waals surface area (Å²) in [7, 11) is 0. The van der Waals surface area contributed by atoms with E-state index in [-0.39, 0.29) is 18.1 Å². The molecule has 0 aromatic carbocycles. The van der Waals surface area contributed by atoms with Gasteiger partial charge in [-0.3, -0.25) is 4.39 Å². The Labute approximate surface area is 73.5 Å². The van der Waals surface area contributed by atoms with Gasteiger partial charge in [-0.15, -0.1) is 0 Å². The van der Waals surface area contributed by atoms with E-state index in [2.05, 4.69) is 0 Å². The molecule has 2 heteroatoms. The minimum atomic E-state index is -0.149. The molecule has 0 aliphatic heterocycles. The maximum atomic E-state index is 12.6. The molecule has 0 bridgehead atoms. The first-order chi connectivity index (χ1) is 5.73. The van der Waals surface area contributed by atoms with Crippen molar-refractivity contribution in [2.75, 3.05) is 6.67 Å². The molecule has 0 aromatic rings. The van der Waals surface area contributed by atoms with Gasteiger partial charge in [0.05, 0.1) is 6.67 Å². The summed E-state index contributed by atoms with van der Waals surface area (Å²) in [5, 5.41) is 0. The smallest absolute Gasteiger partial charge is 0.0925 e. The van der Waals surface area contributed by atoms with Crippen LogP contribution < -0.4 is 5.73 Å². The predicted octanol–water partition coefficient (Wildman–Crippen LogP) is 2.25. The zero-order valence-electron chi connectivity index (χ0n) is 7.56. The van der Waals surface area contributed by atoms with Gasteiger partial charge in [0, 0.05) is 5.54 Å². The van der Waals surface area contributed by atoms with Crippen LogP contribution in [0.2, 0.25) is 0 Å². The van der Waals surface area contributed by atoms with Crippen molar-refractivity contribution in [3.05, 3.63) is 0 Å². The highest BCUT2D eigenvalue weighted by molar-refractivity contribution is 5.01. The first kappa shape index (κ1) is 8.49. The van der Waals surface area contributed by atoms with Crippen LogP contribution in [-0.4, -0.2) is 12.2 Å². The molecule has 2 aliphatic rings. The predicted molar refractivity (Wildman–Crippen MR) is 47.6 cm³/mol. The fourth-order valence-corrected chi connectivity index (χ4v) is 2.15. The Morgan fingerprint density at radius 2 is 2.08 bits per heavy atom. The standard InChI is InChI=1S/C10H18FN/c11-7-9(8-2-1-3-8)6-10(12)4-5-10/h8-9H,1-7,12H2. The molecule has 12 heavy (non-hydrogen) atoms. The molecule has 0 heterocycles. The first-order valence-corrected chi connectivity index (χ1v) is 5.08. The minimum Gasteiger partial charge on any atom is -0.325 e. The Bertz CT molecular complexity index is 161. The summed E-state index contributed by atoms with van der Waals surface area (Å²) in [5.74, 6) is 0.947. The number of rotatable bonds is 4. The molecule has 0 amide bonds. The van der Waals surface area contributed by atoms with Gasteiger partial charge in [0.25, 0.3) is 0 Å². The van der Waals surface area contributed by atoms with Crippen LogP contribution in [0.25, 0.3) is 0 Å². The van der Waals surface area contributed by atoms with Crippen LogP contribution >= 0.6 is 0 Å². The lowest BCUT2D eigenvalue weighted by molar-refractivity contribution is 0.151. The highest BCUT2D eigenvalue weighted by Gasteiger charge is 2.42. The fraction of sp³-hybridized carbons (Fsp3) is 1.00. The summed E-state index contributed by atoms with van der Waals surface area (Å²) < 4.78 is 12.6. The first-order valence-electron chi connectivity index (χ1n) is 5.08. The summed E-state index contributed by atoms with van der Waals surface area (Å²) >= 11 is 0. The van der Waals surface area contributed by atoms with Gasteiger partial charge in [-0.2, -0.15) is 0 Å². The van der Waals surface area contributed by atoms with Crippen LogP contribution in [0.5, 0.6) is 0 Å². The van der Waals surface area contributed by atoms with Gasteiger partial charge in [-0.05, 0) is 31.1 Å². The van der Waals surface area contributed by atoms with Gasteiger partial charge in [0.15, 0.2) is 0 Å². The Morgan fingerprint density at radius 1 is 1.42 bits per heavy atom. The number of alkyl halides is 1. The molecule has 0 spiro atoms.